The molecule has 2 aromatic rings. The fourth-order valence-corrected chi connectivity index (χ4v) is 2.76. The molecule has 104 valence electrons. The third-order valence-electron chi connectivity index (χ3n) is 3.26. The molecule has 1 saturated carbocycles. The molecule has 0 radical (unpaired) electrons. The molecule has 0 atom stereocenters. The van der Waals surface area contributed by atoms with Crippen LogP contribution < -0.4 is 5.56 Å². The minimum Gasteiger partial charge on any atom is -0.306 e. The van der Waals surface area contributed by atoms with Crippen molar-refractivity contribution in [2.45, 2.75) is 25.2 Å². The number of aromatic amines is 1. The molecule has 1 aromatic carbocycles. The van der Waals surface area contributed by atoms with Crippen LogP contribution in [0.3, 0.4) is 0 Å². The van der Waals surface area contributed by atoms with Crippen molar-refractivity contribution in [1.29, 1.82) is 0 Å². The SMILES string of the molecule is O=c1[nH]c(-c2cccc(C(F)F)c2)nc(C2CC2)c1I. The van der Waals surface area contributed by atoms with Crippen molar-refractivity contribution in [3.8, 4) is 11.4 Å². The van der Waals surface area contributed by atoms with Crippen molar-refractivity contribution in [2.75, 3.05) is 0 Å². The Kier molecular flexibility index (Phi) is 3.57. The predicted molar refractivity (Wildman–Crippen MR) is 79.9 cm³/mol. The lowest BCUT2D eigenvalue weighted by atomic mass is 10.1. The van der Waals surface area contributed by atoms with Gasteiger partial charge in [-0.15, -0.1) is 0 Å². The Labute approximate surface area is 127 Å². The number of nitrogens with one attached hydrogen (secondary N) is 1. The van der Waals surface area contributed by atoms with E-state index >= 15 is 0 Å². The fraction of sp³-hybridized carbons (Fsp3) is 0.286. The highest BCUT2D eigenvalue weighted by Gasteiger charge is 2.29. The lowest BCUT2D eigenvalue weighted by molar-refractivity contribution is 0.151. The molecule has 0 amide bonds. The molecular formula is C14H11F2IN2O. The molecule has 3 rings (SSSR count). The fourth-order valence-electron chi connectivity index (χ4n) is 2.06. The van der Waals surface area contributed by atoms with E-state index in [0.29, 0.717) is 20.9 Å². The summed E-state index contributed by atoms with van der Waals surface area (Å²) < 4.78 is 26.1. The first-order valence-electron chi connectivity index (χ1n) is 6.24. The van der Waals surface area contributed by atoms with Crippen LogP contribution in [0.4, 0.5) is 8.78 Å². The Morgan fingerprint density at radius 3 is 2.75 bits per heavy atom. The van der Waals surface area contributed by atoms with Gasteiger partial charge in [-0.05, 0) is 41.5 Å². The zero-order chi connectivity index (χ0) is 14.3. The molecule has 0 bridgehead atoms. The number of H-pyrrole nitrogens is 1. The Balaban J connectivity index is 2.10. The number of alkyl halides is 2. The molecule has 20 heavy (non-hydrogen) atoms. The molecule has 0 spiro atoms. The Morgan fingerprint density at radius 1 is 1.35 bits per heavy atom. The van der Waals surface area contributed by atoms with Gasteiger partial charge in [-0.25, -0.2) is 13.8 Å². The number of hydrogen-bond acceptors (Lipinski definition) is 2. The number of rotatable bonds is 3. The summed E-state index contributed by atoms with van der Waals surface area (Å²) in [4.78, 5) is 19.1. The van der Waals surface area contributed by atoms with Crippen molar-refractivity contribution in [3.05, 3.63) is 49.4 Å². The topological polar surface area (TPSA) is 45.8 Å². The average molecular weight is 388 g/mol. The number of nitrogens with zero attached hydrogens (tertiary/aromatic N) is 1. The molecule has 1 aliphatic rings. The van der Waals surface area contributed by atoms with E-state index in [1.165, 1.54) is 12.1 Å². The van der Waals surface area contributed by atoms with Crippen LogP contribution in [0.2, 0.25) is 0 Å². The van der Waals surface area contributed by atoms with Gasteiger partial charge in [0.1, 0.15) is 5.82 Å². The zero-order valence-corrected chi connectivity index (χ0v) is 12.5. The number of benzene rings is 1. The molecule has 1 aliphatic carbocycles. The number of halogens is 3. The predicted octanol–water partition coefficient (Wildman–Crippen LogP) is 3.86. The standard InChI is InChI=1S/C14H11F2IN2O/c15-12(16)8-2-1-3-9(6-8)13-18-11(7-4-5-7)10(17)14(20)19-13/h1-3,6-7,12H,4-5H2,(H,18,19,20). The van der Waals surface area contributed by atoms with E-state index in [-0.39, 0.29) is 11.1 Å². The van der Waals surface area contributed by atoms with E-state index < -0.39 is 6.43 Å². The zero-order valence-electron chi connectivity index (χ0n) is 10.4. The van der Waals surface area contributed by atoms with Gasteiger partial charge in [0, 0.05) is 17.0 Å². The van der Waals surface area contributed by atoms with Crippen LogP contribution in [-0.4, -0.2) is 9.97 Å². The molecule has 1 heterocycles. The van der Waals surface area contributed by atoms with Crippen LogP contribution in [0.1, 0.15) is 36.4 Å². The molecular weight excluding hydrogens is 377 g/mol. The minimum atomic E-state index is -2.53. The summed E-state index contributed by atoms with van der Waals surface area (Å²) in [5.74, 6) is 0.695. The summed E-state index contributed by atoms with van der Waals surface area (Å²) in [6, 6.07) is 5.95. The maximum Gasteiger partial charge on any atom is 0.264 e. The first-order valence-corrected chi connectivity index (χ1v) is 7.32. The van der Waals surface area contributed by atoms with Crippen LogP contribution in [0.5, 0.6) is 0 Å². The molecule has 0 unspecified atom stereocenters. The summed E-state index contributed by atoms with van der Waals surface area (Å²) in [6.07, 6.45) is -0.472. The molecule has 6 heteroatoms. The maximum absolute atomic E-state index is 12.7. The van der Waals surface area contributed by atoms with Gasteiger partial charge in [-0.1, -0.05) is 18.2 Å². The van der Waals surface area contributed by atoms with Crippen molar-refractivity contribution in [1.82, 2.24) is 9.97 Å². The molecule has 1 fully saturated rings. The largest absolute Gasteiger partial charge is 0.306 e. The van der Waals surface area contributed by atoms with E-state index in [0.717, 1.165) is 18.5 Å². The van der Waals surface area contributed by atoms with Gasteiger partial charge in [0.15, 0.2) is 0 Å². The van der Waals surface area contributed by atoms with Crippen LogP contribution in [0.15, 0.2) is 29.1 Å². The summed E-state index contributed by atoms with van der Waals surface area (Å²) in [7, 11) is 0. The molecule has 0 saturated heterocycles. The van der Waals surface area contributed by atoms with Gasteiger partial charge in [0.2, 0.25) is 0 Å². The third kappa shape index (κ3) is 2.61. The van der Waals surface area contributed by atoms with Crippen LogP contribution in [0, 0.1) is 3.57 Å². The lowest BCUT2D eigenvalue weighted by Gasteiger charge is -2.07. The number of hydrogen-bond donors (Lipinski definition) is 1. The monoisotopic (exact) mass is 388 g/mol. The smallest absolute Gasteiger partial charge is 0.264 e. The van der Waals surface area contributed by atoms with Gasteiger partial charge in [-0.3, -0.25) is 4.79 Å². The summed E-state index contributed by atoms with van der Waals surface area (Å²) in [5.41, 5.74) is 1.02. The molecule has 1 aromatic heterocycles. The van der Waals surface area contributed by atoms with E-state index in [2.05, 4.69) is 9.97 Å². The second-order valence-corrected chi connectivity index (χ2v) is 5.89. The Hall–Kier alpha value is -1.31. The quantitative estimate of drug-likeness (QED) is 0.812. The summed E-state index contributed by atoms with van der Waals surface area (Å²) >= 11 is 1.99. The van der Waals surface area contributed by atoms with Gasteiger partial charge in [-0.2, -0.15) is 0 Å². The van der Waals surface area contributed by atoms with E-state index in [9.17, 15) is 13.6 Å². The lowest BCUT2D eigenvalue weighted by Crippen LogP contribution is -2.16. The second kappa shape index (κ2) is 5.23. The van der Waals surface area contributed by atoms with E-state index in [4.69, 9.17) is 0 Å². The van der Waals surface area contributed by atoms with Crippen molar-refractivity contribution in [3.63, 3.8) is 0 Å². The highest BCUT2D eigenvalue weighted by molar-refractivity contribution is 14.1. The maximum atomic E-state index is 12.7. The van der Waals surface area contributed by atoms with E-state index in [1.807, 2.05) is 22.6 Å². The van der Waals surface area contributed by atoms with Crippen molar-refractivity contribution < 1.29 is 8.78 Å². The Morgan fingerprint density at radius 2 is 2.10 bits per heavy atom. The van der Waals surface area contributed by atoms with Gasteiger partial charge >= 0.3 is 0 Å². The van der Waals surface area contributed by atoms with E-state index in [1.54, 1.807) is 12.1 Å². The van der Waals surface area contributed by atoms with Gasteiger partial charge in [0.05, 0.1) is 9.26 Å². The number of aromatic nitrogens is 2. The highest BCUT2D eigenvalue weighted by Crippen LogP contribution is 2.40. The summed E-state index contributed by atoms with van der Waals surface area (Å²) in [5, 5.41) is 0. The van der Waals surface area contributed by atoms with Crippen molar-refractivity contribution >= 4 is 22.6 Å². The van der Waals surface area contributed by atoms with Crippen molar-refractivity contribution in [2.24, 2.45) is 0 Å². The summed E-state index contributed by atoms with van der Waals surface area (Å²) in [6.45, 7) is 0. The second-order valence-electron chi connectivity index (χ2n) is 4.81. The van der Waals surface area contributed by atoms with Crippen LogP contribution in [0.25, 0.3) is 11.4 Å². The highest BCUT2D eigenvalue weighted by atomic mass is 127. The third-order valence-corrected chi connectivity index (χ3v) is 4.31. The first kappa shape index (κ1) is 13.7. The Bertz CT molecular complexity index is 711. The minimum absolute atomic E-state index is 0.0725. The van der Waals surface area contributed by atoms with Crippen LogP contribution >= 0.6 is 22.6 Å². The van der Waals surface area contributed by atoms with Gasteiger partial charge in [0.25, 0.3) is 12.0 Å². The molecule has 3 nitrogen and oxygen atoms in total. The van der Waals surface area contributed by atoms with Gasteiger partial charge < -0.3 is 4.98 Å². The first-order chi connectivity index (χ1) is 9.56. The normalized spacial score (nSPS) is 14.8. The molecule has 1 N–H and O–H groups in total. The molecule has 0 aliphatic heterocycles. The average Bonchev–Trinajstić information content (AvgIpc) is 3.26. The van der Waals surface area contributed by atoms with Crippen LogP contribution in [-0.2, 0) is 0 Å².